The van der Waals surface area contributed by atoms with Crippen molar-refractivity contribution < 1.29 is 9.90 Å². The molecule has 1 amide bonds. The predicted octanol–water partition coefficient (Wildman–Crippen LogP) is 4.36. The van der Waals surface area contributed by atoms with Crippen molar-refractivity contribution in [1.82, 2.24) is 24.4 Å². The molecule has 1 aliphatic heterocycles. The van der Waals surface area contributed by atoms with Crippen molar-refractivity contribution in [3.63, 3.8) is 0 Å². The number of pyridine rings is 2. The summed E-state index contributed by atoms with van der Waals surface area (Å²) >= 11 is 12.7. The highest BCUT2D eigenvalue weighted by Gasteiger charge is 2.30. The van der Waals surface area contributed by atoms with Gasteiger partial charge in [0.15, 0.2) is 5.65 Å². The molecule has 1 atom stereocenters. The van der Waals surface area contributed by atoms with Gasteiger partial charge in [0, 0.05) is 31.9 Å². The lowest BCUT2D eigenvalue weighted by molar-refractivity contribution is 0.136. The molecule has 1 fully saturated rings. The van der Waals surface area contributed by atoms with E-state index in [1.54, 1.807) is 12.3 Å². The highest BCUT2D eigenvalue weighted by Crippen LogP contribution is 2.33. The fraction of sp³-hybridized carbons (Fsp3) is 0.435. The van der Waals surface area contributed by atoms with E-state index in [2.05, 4.69) is 15.0 Å². The standard InChI is InChI=1S/C23H26Cl2N6O3/c1-5-14-6-7-26-17(12(2)3)18(14)31-21-15(10-16(24)19(25)27-21)20(28-22(31)32)30-9-8-29(23(33)34)11-13(30)4/h6-7,10,12-13H,5,8-9,11H2,1-4H3,(H,33,34). The maximum absolute atomic E-state index is 13.6. The van der Waals surface area contributed by atoms with Gasteiger partial charge in [-0.15, -0.1) is 0 Å². The maximum atomic E-state index is 13.6. The van der Waals surface area contributed by atoms with Crippen LogP contribution in [0.1, 0.15) is 44.9 Å². The molecule has 1 aliphatic rings. The summed E-state index contributed by atoms with van der Waals surface area (Å²) in [5.74, 6) is 0.461. The quantitative estimate of drug-likeness (QED) is 0.526. The Kier molecular flexibility index (Phi) is 6.69. The van der Waals surface area contributed by atoms with E-state index in [0.29, 0.717) is 42.0 Å². The first-order chi connectivity index (χ1) is 16.1. The van der Waals surface area contributed by atoms with Crippen LogP contribution in [0.5, 0.6) is 0 Å². The third-order valence-corrected chi connectivity index (χ3v) is 6.79. The van der Waals surface area contributed by atoms with Crippen molar-refractivity contribution in [2.45, 2.75) is 46.1 Å². The summed E-state index contributed by atoms with van der Waals surface area (Å²) in [4.78, 5) is 41.8. The average Bonchev–Trinajstić information content (AvgIpc) is 2.79. The monoisotopic (exact) mass is 504 g/mol. The number of aryl methyl sites for hydroxylation is 1. The largest absolute Gasteiger partial charge is 0.465 e. The maximum Gasteiger partial charge on any atom is 0.407 e. The first-order valence-corrected chi connectivity index (χ1v) is 11.9. The van der Waals surface area contributed by atoms with Crippen LogP contribution in [-0.2, 0) is 6.42 Å². The SMILES string of the molecule is CCc1ccnc(C(C)C)c1-n1c(=O)nc(N2CCN(C(=O)O)CC2C)c2cc(Cl)c(Cl)nc21. The van der Waals surface area contributed by atoms with Crippen molar-refractivity contribution in [2.75, 3.05) is 24.5 Å². The van der Waals surface area contributed by atoms with Crippen molar-refractivity contribution >= 4 is 46.1 Å². The topological polar surface area (TPSA) is 104 Å². The van der Waals surface area contributed by atoms with Crippen LogP contribution < -0.4 is 10.6 Å². The van der Waals surface area contributed by atoms with Crippen LogP contribution in [0.25, 0.3) is 16.7 Å². The van der Waals surface area contributed by atoms with E-state index < -0.39 is 11.8 Å². The van der Waals surface area contributed by atoms with Gasteiger partial charge >= 0.3 is 11.8 Å². The predicted molar refractivity (Wildman–Crippen MR) is 133 cm³/mol. The van der Waals surface area contributed by atoms with Crippen molar-refractivity contribution in [3.05, 3.63) is 50.2 Å². The number of aromatic nitrogens is 4. The van der Waals surface area contributed by atoms with E-state index in [1.807, 2.05) is 38.7 Å². The molecule has 3 aromatic heterocycles. The lowest BCUT2D eigenvalue weighted by Crippen LogP contribution is -2.54. The molecule has 0 radical (unpaired) electrons. The first-order valence-electron chi connectivity index (χ1n) is 11.1. The summed E-state index contributed by atoms with van der Waals surface area (Å²) in [7, 11) is 0. The zero-order valence-electron chi connectivity index (χ0n) is 19.4. The number of anilines is 1. The Labute approximate surface area is 207 Å². The van der Waals surface area contributed by atoms with Crippen LogP contribution in [0, 0.1) is 0 Å². The Morgan fingerprint density at radius 3 is 2.62 bits per heavy atom. The minimum atomic E-state index is -0.971. The van der Waals surface area contributed by atoms with E-state index in [4.69, 9.17) is 23.2 Å². The van der Waals surface area contributed by atoms with E-state index in [-0.39, 0.29) is 28.7 Å². The third kappa shape index (κ3) is 4.18. The van der Waals surface area contributed by atoms with E-state index in [0.717, 1.165) is 11.3 Å². The molecule has 0 saturated carbocycles. The summed E-state index contributed by atoms with van der Waals surface area (Å²) in [6, 6.07) is 3.34. The molecule has 0 spiro atoms. The number of hydrogen-bond acceptors (Lipinski definition) is 6. The first kappa shape index (κ1) is 24.2. The van der Waals surface area contributed by atoms with Crippen LogP contribution in [0.4, 0.5) is 10.6 Å². The number of carboxylic acid groups (broad SMARTS) is 1. The molecule has 9 nitrogen and oxygen atoms in total. The minimum absolute atomic E-state index is 0.0509. The second-order valence-corrected chi connectivity index (χ2v) is 9.43. The summed E-state index contributed by atoms with van der Waals surface area (Å²) < 4.78 is 1.47. The fourth-order valence-corrected chi connectivity index (χ4v) is 4.71. The molecule has 0 aliphatic carbocycles. The highest BCUT2D eigenvalue weighted by atomic mass is 35.5. The van der Waals surface area contributed by atoms with Crippen molar-refractivity contribution in [1.29, 1.82) is 0 Å². The number of amides is 1. The van der Waals surface area contributed by atoms with Crippen LogP contribution in [0.2, 0.25) is 10.2 Å². The summed E-state index contributed by atoms with van der Waals surface area (Å²) in [6.45, 7) is 8.90. The summed E-state index contributed by atoms with van der Waals surface area (Å²) in [5.41, 5.74) is 2.18. The number of piperazine rings is 1. The van der Waals surface area contributed by atoms with Gasteiger partial charge in [-0.2, -0.15) is 4.98 Å². The molecular formula is C23H26Cl2N6O3. The molecular weight excluding hydrogens is 479 g/mol. The van der Waals surface area contributed by atoms with Gasteiger partial charge in [0.1, 0.15) is 11.0 Å². The molecule has 4 heterocycles. The molecule has 0 aromatic carbocycles. The second kappa shape index (κ2) is 9.38. The van der Waals surface area contributed by atoms with E-state index in [9.17, 15) is 14.7 Å². The van der Waals surface area contributed by atoms with Gasteiger partial charge in [0.25, 0.3) is 0 Å². The lowest BCUT2D eigenvalue weighted by Gasteiger charge is -2.39. The zero-order chi connectivity index (χ0) is 24.7. The smallest absolute Gasteiger partial charge is 0.407 e. The fourth-order valence-electron chi connectivity index (χ4n) is 4.43. The van der Waals surface area contributed by atoms with E-state index in [1.165, 1.54) is 9.47 Å². The van der Waals surface area contributed by atoms with Gasteiger partial charge in [0.05, 0.1) is 21.8 Å². The Hall–Kier alpha value is -2.91. The number of carbonyl (C=O) groups is 1. The van der Waals surface area contributed by atoms with Gasteiger partial charge in [-0.05, 0) is 37.0 Å². The second-order valence-electron chi connectivity index (χ2n) is 8.67. The summed E-state index contributed by atoms with van der Waals surface area (Å²) in [6.07, 6.45) is 1.46. The normalized spacial score (nSPS) is 16.5. The van der Waals surface area contributed by atoms with Gasteiger partial charge in [-0.25, -0.2) is 19.1 Å². The molecule has 180 valence electrons. The van der Waals surface area contributed by atoms with Crippen LogP contribution in [0.3, 0.4) is 0 Å². The van der Waals surface area contributed by atoms with Gasteiger partial charge in [0.2, 0.25) is 0 Å². The lowest BCUT2D eigenvalue weighted by atomic mass is 10.0. The zero-order valence-corrected chi connectivity index (χ0v) is 20.9. The van der Waals surface area contributed by atoms with Crippen LogP contribution in [0.15, 0.2) is 23.1 Å². The molecule has 1 unspecified atom stereocenters. The Morgan fingerprint density at radius 2 is 2.00 bits per heavy atom. The molecule has 4 rings (SSSR count). The molecule has 0 bridgehead atoms. The number of nitrogens with zero attached hydrogens (tertiary/aromatic N) is 6. The number of halogens is 2. The summed E-state index contributed by atoms with van der Waals surface area (Å²) in [5, 5.41) is 10.2. The molecule has 3 aromatic rings. The minimum Gasteiger partial charge on any atom is -0.465 e. The van der Waals surface area contributed by atoms with Gasteiger partial charge < -0.3 is 14.9 Å². The Balaban J connectivity index is 2.01. The number of rotatable bonds is 4. The Morgan fingerprint density at radius 1 is 1.26 bits per heavy atom. The molecule has 34 heavy (non-hydrogen) atoms. The van der Waals surface area contributed by atoms with E-state index >= 15 is 0 Å². The van der Waals surface area contributed by atoms with Crippen molar-refractivity contribution in [2.24, 2.45) is 0 Å². The molecule has 1 N–H and O–H groups in total. The molecule has 11 heteroatoms. The van der Waals surface area contributed by atoms with Gasteiger partial charge in [-0.3, -0.25) is 4.98 Å². The third-order valence-electron chi connectivity index (χ3n) is 6.12. The van der Waals surface area contributed by atoms with Crippen molar-refractivity contribution in [3.8, 4) is 5.69 Å². The Bertz CT molecular complexity index is 1330. The van der Waals surface area contributed by atoms with Crippen LogP contribution in [-0.4, -0.2) is 61.3 Å². The highest BCUT2D eigenvalue weighted by molar-refractivity contribution is 6.41. The number of fused-ring (bicyclic) bond motifs is 1. The molecule has 1 saturated heterocycles. The van der Waals surface area contributed by atoms with Gasteiger partial charge in [-0.1, -0.05) is 44.0 Å². The number of hydrogen-bond donors (Lipinski definition) is 1. The van der Waals surface area contributed by atoms with Crippen LogP contribution >= 0.6 is 23.2 Å². The average molecular weight is 505 g/mol.